The first-order chi connectivity index (χ1) is 52.1. The van der Waals surface area contributed by atoms with Crippen molar-refractivity contribution in [2.45, 2.75) is 158 Å². The molecule has 3 saturated heterocycles. The van der Waals surface area contributed by atoms with E-state index in [0.29, 0.717) is 0 Å². The molecule has 13 atom stereocenters. The molecule has 37 heteroatoms. The van der Waals surface area contributed by atoms with E-state index < -0.39 is 221 Å². The number of fused-ring (bicyclic) bond motifs is 6. The number of aliphatic hydroxyl groups excluding tert-OH is 4. The molecule has 0 spiro atoms. The van der Waals surface area contributed by atoms with Gasteiger partial charge >= 0.3 is 0 Å². The van der Waals surface area contributed by atoms with Gasteiger partial charge in [-0.1, -0.05) is 38.1 Å². The van der Waals surface area contributed by atoms with Gasteiger partial charge < -0.3 is 102 Å². The highest BCUT2D eigenvalue weighted by atomic mass is 32.1. The highest BCUT2D eigenvalue weighted by Crippen LogP contribution is 2.55. The first-order valence-electron chi connectivity index (χ1n) is 34.4. The van der Waals surface area contributed by atoms with Crippen LogP contribution in [-0.4, -0.2) is 250 Å². The second-order valence-electron chi connectivity index (χ2n) is 26.6. The Hall–Kier alpha value is -10.4. The maximum atomic E-state index is 13.9. The number of nitrogens with zero attached hydrogens (tertiary/aromatic N) is 2. The SMILES string of the molecule is CCS.COc1cccc2c1C(=O)c1c(O)c3c(c(O)c1C2=O)C[C@@](O)(C(=O)CO)C[C@@H]3O[C@H]1C[C@H](NC(=O)CCN2C(=O)C=CC2=O)[C@H](O)[C@H](C)O1.COc1cccc2c1C(=O)c1c(O)c3c(c(O)c1C2=O)C[C@@](O)(C(=O)CO)C[C@@H]3O[C@H]1C[C@H](NC(=O)CCN2C(=O)CC(C)C2=O)[C@H](O)[C@H](C)O1.NC=O.NC=O. The quantitative estimate of drug-likeness (QED) is 0.0203. The molecule has 4 heterocycles. The highest BCUT2D eigenvalue weighted by molar-refractivity contribution is 7.80. The van der Waals surface area contributed by atoms with Gasteiger partial charge in [0.15, 0.2) is 35.7 Å². The number of imide groups is 2. The minimum Gasteiger partial charge on any atom is -0.507 e. The minimum absolute atomic E-state index is 0.0466. The molecule has 110 heavy (non-hydrogen) atoms. The lowest BCUT2D eigenvalue weighted by Gasteiger charge is -2.43. The largest absolute Gasteiger partial charge is 0.507 e. The molecule has 16 N–H and O–H groups in total. The number of phenols is 4. The zero-order valence-electron chi connectivity index (χ0n) is 60.2. The van der Waals surface area contributed by atoms with E-state index in [-0.39, 0.29) is 126 Å². The number of carbonyl (C=O) groups excluding carboxylic acids is 14. The molecule has 592 valence electrons. The zero-order chi connectivity index (χ0) is 81.5. The number of Topliss-reactive ketones (excluding diaryl/α,β-unsaturated/α-hetero) is 2. The minimum atomic E-state index is -2.36. The number of hydrogen-bond acceptors (Lipinski definition) is 31. The number of aliphatic hydroxyl groups is 6. The van der Waals surface area contributed by atoms with Crippen LogP contribution in [0.15, 0.2) is 48.6 Å². The summed E-state index contributed by atoms with van der Waals surface area (Å²) < 4.78 is 34.6. The molecule has 4 aliphatic carbocycles. The van der Waals surface area contributed by atoms with E-state index in [1.807, 2.05) is 6.92 Å². The fourth-order valence-corrected chi connectivity index (χ4v) is 14.4. The Morgan fingerprint density at radius 2 is 0.945 bits per heavy atom. The maximum absolute atomic E-state index is 13.9. The van der Waals surface area contributed by atoms with Gasteiger partial charge in [0.2, 0.25) is 48.0 Å². The normalized spacial score (nSPS) is 26.0. The second-order valence-corrected chi connectivity index (χ2v) is 27.2. The van der Waals surface area contributed by atoms with Gasteiger partial charge in [-0.2, -0.15) is 12.6 Å². The number of aromatic hydroxyl groups is 4. The molecule has 4 aliphatic heterocycles. The van der Waals surface area contributed by atoms with Gasteiger partial charge in [0, 0.05) is 122 Å². The summed E-state index contributed by atoms with van der Waals surface area (Å²) in [6.07, 6.45) is -10.6. The van der Waals surface area contributed by atoms with Crippen LogP contribution in [0.4, 0.5) is 0 Å². The van der Waals surface area contributed by atoms with Gasteiger partial charge in [-0.25, -0.2) is 0 Å². The number of methoxy groups -OCH3 is 2. The number of hydrogen-bond donors (Lipinski definition) is 15. The molecule has 12 rings (SSSR count). The standard InChI is InChI=1S/C35H38N2O14.C34H34N2O14.C2H6S.2CH3NO/c1-14-9-23(41)37(34(14)47)8-7-22(40)36-18-10-24(50-15(2)29(18)42)51-20-12-35(48,21(39)13-38)11-17-26(20)33(46)28-27(31(17)44)30(43)16-5-4-6-19(49-3)25(16)32(28)45;1-14-29(42)17(35-21(39)8-9-36-22(40)6-7-23(36)41)10-24(49-14)50-19-12-34(47,20(38)13-37)11-16-26(19)33(46)28-27(31(16)44)30(43)15-4-3-5-18(48-2)25(15)32(28)45;1-2-3;2*2-1-3/h4-6,14-15,18,20,24,29,38,42,44,46,48H,7-13H2,1-3H3,(H,36,40);3-7,14,17,19,24,29,37,42,44,46-47H,8-13H2,1-2H3,(H,35,39);3H,2H2,1H3;2*1H,(H2,2,3)/t14?,15-,18-,20-,24-,29+,35-;14-,17-,19-,24-,29+,34-;;;/m00.../s1. The molecule has 8 amide bonds. The van der Waals surface area contributed by atoms with Crippen molar-refractivity contribution in [2.75, 3.05) is 46.3 Å². The molecule has 0 saturated carbocycles. The van der Waals surface area contributed by atoms with Gasteiger partial charge in [-0.3, -0.25) is 76.9 Å². The van der Waals surface area contributed by atoms with Crippen LogP contribution in [-0.2, 0) is 79.7 Å². The van der Waals surface area contributed by atoms with Crippen LogP contribution in [0, 0.1) is 5.92 Å². The van der Waals surface area contributed by atoms with Crippen LogP contribution in [0.2, 0.25) is 0 Å². The fourth-order valence-electron chi connectivity index (χ4n) is 14.4. The van der Waals surface area contributed by atoms with Crippen LogP contribution < -0.4 is 31.6 Å². The van der Waals surface area contributed by atoms with E-state index in [1.165, 1.54) is 64.5 Å². The van der Waals surface area contributed by atoms with Crippen molar-refractivity contribution in [3.63, 3.8) is 0 Å². The second kappa shape index (κ2) is 35.5. The van der Waals surface area contributed by atoms with Gasteiger partial charge in [0.25, 0.3) is 11.8 Å². The molecule has 4 aromatic carbocycles. The molecule has 1 unspecified atom stereocenters. The van der Waals surface area contributed by atoms with Gasteiger partial charge in [-0.05, 0) is 31.7 Å². The number of nitrogens with one attached hydrogen (secondary N) is 2. The van der Waals surface area contributed by atoms with E-state index in [4.69, 9.17) is 38.0 Å². The van der Waals surface area contributed by atoms with Crippen molar-refractivity contribution in [3.8, 4) is 34.5 Å². The molecule has 0 aromatic heterocycles. The molecule has 0 radical (unpaired) electrons. The monoisotopic (exact) mass is 1560 g/mol. The lowest BCUT2D eigenvalue weighted by atomic mass is 9.72. The lowest BCUT2D eigenvalue weighted by molar-refractivity contribution is -0.249. The number of amides is 8. The predicted molar refractivity (Wildman–Crippen MR) is 377 cm³/mol. The zero-order valence-corrected chi connectivity index (χ0v) is 61.1. The lowest BCUT2D eigenvalue weighted by Crippen LogP contribution is -2.56. The number of primary amides is 2. The van der Waals surface area contributed by atoms with Crippen molar-refractivity contribution < 1.29 is 147 Å². The molecule has 3 fully saturated rings. The maximum Gasteiger partial charge on any atom is 0.253 e. The number of benzene rings is 4. The first-order valence-corrected chi connectivity index (χ1v) is 35.0. The van der Waals surface area contributed by atoms with E-state index in [1.54, 1.807) is 6.92 Å². The Morgan fingerprint density at radius 1 is 0.591 bits per heavy atom. The molecule has 36 nitrogen and oxygen atoms in total. The van der Waals surface area contributed by atoms with Gasteiger partial charge in [-0.15, -0.1) is 0 Å². The number of thiol groups is 1. The van der Waals surface area contributed by atoms with Crippen molar-refractivity contribution in [1.29, 1.82) is 0 Å². The van der Waals surface area contributed by atoms with Crippen molar-refractivity contribution in [3.05, 3.63) is 115 Å². The molecular weight excluding hydrogens is 1470 g/mol. The third kappa shape index (κ3) is 16.8. The summed E-state index contributed by atoms with van der Waals surface area (Å²) in [5.74, 6) is -11.0. The Bertz CT molecular complexity index is 4390. The number of rotatable bonds is 18. The summed E-state index contributed by atoms with van der Waals surface area (Å²) >= 11 is 3.79. The fraction of sp³-hybridized carbons (Fsp3) is 0.452. The van der Waals surface area contributed by atoms with Crippen LogP contribution in [0.5, 0.6) is 34.5 Å². The molecule has 0 bridgehead atoms. The average molecular weight is 1560 g/mol. The summed E-state index contributed by atoms with van der Waals surface area (Å²) in [5.41, 5.74) is -0.0187. The van der Waals surface area contributed by atoms with Crippen molar-refractivity contribution in [1.82, 2.24) is 20.4 Å². The topological polar surface area (TPSA) is 579 Å². The number of carbonyl (C=O) groups is 14. The van der Waals surface area contributed by atoms with E-state index in [9.17, 15) is 109 Å². The highest BCUT2D eigenvalue weighted by Gasteiger charge is 2.53. The smallest absolute Gasteiger partial charge is 0.253 e. The van der Waals surface area contributed by atoms with Gasteiger partial charge in [0.05, 0.1) is 84.1 Å². The van der Waals surface area contributed by atoms with Gasteiger partial charge in [0.1, 0.15) is 71.1 Å². The van der Waals surface area contributed by atoms with Crippen LogP contribution in [0.1, 0.15) is 171 Å². The van der Waals surface area contributed by atoms with Crippen molar-refractivity contribution in [2.24, 2.45) is 17.4 Å². The number of ketones is 6. The van der Waals surface area contributed by atoms with Crippen LogP contribution in [0.3, 0.4) is 0 Å². The van der Waals surface area contributed by atoms with E-state index in [2.05, 4.69) is 34.7 Å². The third-order valence-electron chi connectivity index (χ3n) is 19.7. The Balaban J connectivity index is 0.000000250. The number of nitrogens with two attached hydrogens (primary N) is 2. The Labute approximate surface area is 631 Å². The number of ether oxygens (including phenoxy) is 6. The summed E-state index contributed by atoms with van der Waals surface area (Å²) in [5, 5.41) is 116. The van der Waals surface area contributed by atoms with E-state index >= 15 is 0 Å². The van der Waals surface area contributed by atoms with Crippen LogP contribution in [0.25, 0.3) is 0 Å². The van der Waals surface area contributed by atoms with E-state index in [0.717, 1.165) is 27.7 Å². The number of phenolic OH excluding ortho intramolecular Hbond substituents is 4. The average Bonchev–Trinajstić information content (AvgIpc) is 0.764. The molecule has 8 aliphatic rings. The third-order valence-corrected chi connectivity index (χ3v) is 19.7. The summed E-state index contributed by atoms with van der Waals surface area (Å²) in [6, 6.07) is 6.57. The Morgan fingerprint density at radius 3 is 1.28 bits per heavy atom. The summed E-state index contributed by atoms with van der Waals surface area (Å²) in [6.45, 7) is 4.06. The predicted octanol–water partition coefficient (Wildman–Crippen LogP) is -1.44. The summed E-state index contributed by atoms with van der Waals surface area (Å²) in [4.78, 5) is 174. The first kappa shape index (κ1) is 85.2. The Kier molecular flexibility index (Phi) is 27.5. The summed E-state index contributed by atoms with van der Waals surface area (Å²) in [7, 11) is 2.59. The van der Waals surface area contributed by atoms with Crippen molar-refractivity contribution >= 4 is 95.6 Å². The number of likely N-dealkylation sites (tertiary alicyclic amines) is 1. The van der Waals surface area contributed by atoms with Crippen LogP contribution >= 0.6 is 12.6 Å². The molecule has 4 aromatic rings. The molecular formula is C73H84N6O30S.